The molecule has 20 heavy (non-hydrogen) atoms. The maximum absolute atomic E-state index is 12.2. The summed E-state index contributed by atoms with van der Waals surface area (Å²) in [4.78, 5) is 0.0990. The van der Waals surface area contributed by atoms with Gasteiger partial charge in [0.2, 0.25) is 10.0 Å². The van der Waals surface area contributed by atoms with Crippen molar-refractivity contribution in [3.8, 4) is 0 Å². The van der Waals surface area contributed by atoms with Crippen molar-refractivity contribution < 1.29 is 12.8 Å². The van der Waals surface area contributed by atoms with Gasteiger partial charge in [-0.3, -0.25) is 0 Å². The highest BCUT2D eigenvalue weighted by Crippen LogP contribution is 2.25. The first-order valence-corrected chi connectivity index (χ1v) is 7.84. The van der Waals surface area contributed by atoms with Crippen LogP contribution in [0.15, 0.2) is 39.8 Å². The summed E-state index contributed by atoms with van der Waals surface area (Å²) in [5, 5.41) is 0.291. The Bertz CT molecular complexity index is 697. The number of halogens is 1. The fourth-order valence-corrected chi connectivity index (χ4v) is 3.42. The molecule has 0 aliphatic heterocycles. The number of hydrogen-bond donors (Lipinski definition) is 2. The molecule has 1 aromatic heterocycles. The number of furan rings is 1. The second-order valence-electron chi connectivity index (χ2n) is 4.35. The summed E-state index contributed by atoms with van der Waals surface area (Å²) in [6.07, 6.45) is 2.02. The average Bonchev–Trinajstić information content (AvgIpc) is 2.86. The Kier molecular flexibility index (Phi) is 4.37. The molecule has 0 saturated carbocycles. The normalized spacial score (nSPS) is 11.7. The lowest BCUT2D eigenvalue weighted by atomic mass is 10.2. The highest BCUT2D eigenvalue weighted by atomic mass is 35.5. The predicted molar refractivity (Wildman–Crippen MR) is 78.2 cm³/mol. The molecular formula is C13H15ClN2O3S. The van der Waals surface area contributed by atoms with Crippen LogP contribution < -0.4 is 10.5 Å². The molecule has 0 saturated heterocycles. The summed E-state index contributed by atoms with van der Waals surface area (Å²) >= 11 is 5.86. The lowest BCUT2D eigenvalue weighted by Gasteiger charge is -2.11. The topological polar surface area (TPSA) is 85.3 Å². The zero-order valence-electron chi connectivity index (χ0n) is 10.9. The third-order valence-electron chi connectivity index (χ3n) is 2.90. The van der Waals surface area contributed by atoms with E-state index < -0.39 is 10.0 Å². The summed E-state index contributed by atoms with van der Waals surface area (Å²) in [5.74, 6) is 0.718. The second-order valence-corrected chi connectivity index (χ2v) is 6.52. The molecule has 0 bridgehead atoms. The van der Waals surface area contributed by atoms with Gasteiger partial charge in [0, 0.05) is 23.7 Å². The Balaban J connectivity index is 2.14. The van der Waals surface area contributed by atoms with Crippen LogP contribution in [0.4, 0.5) is 5.69 Å². The van der Waals surface area contributed by atoms with E-state index in [9.17, 15) is 8.42 Å². The lowest BCUT2D eigenvalue weighted by Crippen LogP contribution is -2.26. The van der Waals surface area contributed by atoms with Crippen LogP contribution >= 0.6 is 11.6 Å². The maximum atomic E-state index is 12.2. The van der Waals surface area contributed by atoms with Gasteiger partial charge in [0.15, 0.2) is 0 Å². The van der Waals surface area contributed by atoms with Crippen molar-refractivity contribution in [3.63, 3.8) is 0 Å². The van der Waals surface area contributed by atoms with E-state index in [1.807, 2.05) is 0 Å². The number of rotatable bonds is 5. The zero-order chi connectivity index (χ0) is 14.8. The molecule has 3 N–H and O–H groups in total. The SMILES string of the molecule is Cc1c(N)cc(Cl)cc1S(=O)(=O)NCCc1ccco1. The third-order valence-corrected chi connectivity index (χ3v) is 4.70. The van der Waals surface area contributed by atoms with Crippen molar-refractivity contribution in [3.05, 3.63) is 46.9 Å². The standard InChI is InChI=1S/C13H15ClN2O3S/c1-9-12(15)7-10(14)8-13(9)20(17,18)16-5-4-11-3-2-6-19-11/h2-3,6-8,16H,4-5,15H2,1H3. The third kappa shape index (κ3) is 3.33. The van der Waals surface area contributed by atoms with Crippen LogP contribution in [0.1, 0.15) is 11.3 Å². The number of anilines is 1. The largest absolute Gasteiger partial charge is 0.469 e. The molecule has 0 unspecified atom stereocenters. The van der Waals surface area contributed by atoms with Gasteiger partial charge in [-0.15, -0.1) is 0 Å². The number of benzene rings is 1. The van der Waals surface area contributed by atoms with Crippen LogP contribution in [-0.4, -0.2) is 15.0 Å². The molecule has 0 fully saturated rings. The van der Waals surface area contributed by atoms with Crippen LogP contribution in [0.25, 0.3) is 0 Å². The van der Waals surface area contributed by atoms with Crippen LogP contribution in [0, 0.1) is 6.92 Å². The van der Waals surface area contributed by atoms with Gasteiger partial charge >= 0.3 is 0 Å². The van der Waals surface area contributed by atoms with E-state index >= 15 is 0 Å². The molecule has 0 radical (unpaired) electrons. The fraction of sp³-hybridized carbons (Fsp3) is 0.231. The van der Waals surface area contributed by atoms with Gasteiger partial charge < -0.3 is 10.2 Å². The summed E-state index contributed by atoms with van der Waals surface area (Å²) in [5.41, 5.74) is 6.57. The van der Waals surface area contributed by atoms with Gasteiger partial charge in [-0.1, -0.05) is 11.6 Å². The van der Waals surface area contributed by atoms with E-state index in [-0.39, 0.29) is 11.4 Å². The molecule has 5 nitrogen and oxygen atoms in total. The molecule has 7 heteroatoms. The molecule has 0 spiro atoms. The predicted octanol–water partition coefficient (Wildman–Crippen LogP) is 2.34. The number of sulfonamides is 1. The Morgan fingerprint density at radius 1 is 1.40 bits per heavy atom. The molecule has 1 aromatic carbocycles. The van der Waals surface area contributed by atoms with Crippen molar-refractivity contribution in [2.45, 2.75) is 18.2 Å². The van der Waals surface area contributed by atoms with Gasteiger partial charge in [0.25, 0.3) is 0 Å². The summed E-state index contributed by atoms with van der Waals surface area (Å²) in [7, 11) is -3.65. The van der Waals surface area contributed by atoms with Crippen molar-refractivity contribution >= 4 is 27.3 Å². The monoisotopic (exact) mass is 314 g/mol. The number of hydrogen-bond acceptors (Lipinski definition) is 4. The van der Waals surface area contributed by atoms with Gasteiger partial charge in [-0.2, -0.15) is 0 Å². The average molecular weight is 315 g/mol. The van der Waals surface area contributed by atoms with Crippen molar-refractivity contribution in [1.29, 1.82) is 0 Å². The first kappa shape index (κ1) is 14.9. The Morgan fingerprint density at radius 3 is 2.80 bits per heavy atom. The Hall–Kier alpha value is -1.50. The Labute approximate surface area is 122 Å². The summed E-state index contributed by atoms with van der Waals surface area (Å²) < 4.78 is 32.1. The summed E-state index contributed by atoms with van der Waals surface area (Å²) in [6.45, 7) is 1.88. The van der Waals surface area contributed by atoms with Crippen LogP contribution in [0.2, 0.25) is 5.02 Å². The number of nitrogens with one attached hydrogen (secondary N) is 1. The smallest absolute Gasteiger partial charge is 0.240 e. The minimum atomic E-state index is -3.65. The first-order chi connectivity index (χ1) is 9.40. The quantitative estimate of drug-likeness (QED) is 0.829. The lowest BCUT2D eigenvalue weighted by molar-refractivity contribution is 0.506. The van der Waals surface area contributed by atoms with Gasteiger partial charge in [0.05, 0.1) is 11.2 Å². The van der Waals surface area contributed by atoms with E-state index in [0.29, 0.717) is 22.7 Å². The van der Waals surface area contributed by atoms with Crippen LogP contribution in [0.3, 0.4) is 0 Å². The second kappa shape index (κ2) is 5.87. The maximum Gasteiger partial charge on any atom is 0.240 e. The van der Waals surface area contributed by atoms with Crippen molar-refractivity contribution in [2.24, 2.45) is 0 Å². The molecule has 0 aliphatic carbocycles. The van der Waals surface area contributed by atoms with Gasteiger partial charge in [0.1, 0.15) is 5.76 Å². The molecule has 1 heterocycles. The fourth-order valence-electron chi connectivity index (χ4n) is 1.79. The van der Waals surface area contributed by atoms with Gasteiger partial charge in [-0.05, 0) is 36.8 Å². The van der Waals surface area contributed by atoms with Gasteiger partial charge in [-0.25, -0.2) is 13.1 Å². The molecule has 2 aromatic rings. The van der Waals surface area contributed by atoms with Crippen molar-refractivity contribution in [2.75, 3.05) is 12.3 Å². The molecule has 0 atom stereocenters. The number of nitrogen functional groups attached to an aromatic ring is 1. The molecule has 0 amide bonds. The first-order valence-electron chi connectivity index (χ1n) is 5.98. The minimum Gasteiger partial charge on any atom is -0.469 e. The number of nitrogens with two attached hydrogens (primary N) is 1. The van der Waals surface area contributed by atoms with E-state index in [1.54, 1.807) is 25.3 Å². The summed E-state index contributed by atoms with van der Waals surface area (Å²) in [6, 6.07) is 6.46. The van der Waals surface area contributed by atoms with E-state index in [0.717, 1.165) is 5.76 Å². The van der Waals surface area contributed by atoms with Crippen molar-refractivity contribution in [1.82, 2.24) is 4.72 Å². The van der Waals surface area contributed by atoms with E-state index in [1.165, 1.54) is 12.1 Å². The highest BCUT2D eigenvalue weighted by Gasteiger charge is 2.18. The zero-order valence-corrected chi connectivity index (χ0v) is 12.5. The molecule has 108 valence electrons. The molecular weight excluding hydrogens is 300 g/mol. The molecule has 0 aliphatic rings. The van der Waals surface area contributed by atoms with E-state index in [2.05, 4.69) is 4.72 Å². The van der Waals surface area contributed by atoms with E-state index in [4.69, 9.17) is 21.8 Å². The van der Waals surface area contributed by atoms with Crippen LogP contribution in [-0.2, 0) is 16.4 Å². The Morgan fingerprint density at radius 2 is 2.15 bits per heavy atom. The highest BCUT2D eigenvalue weighted by molar-refractivity contribution is 7.89. The minimum absolute atomic E-state index is 0.0990. The molecule has 2 rings (SSSR count). The van der Waals surface area contributed by atoms with Crippen LogP contribution in [0.5, 0.6) is 0 Å².